The van der Waals surface area contributed by atoms with Gasteiger partial charge in [0.15, 0.2) is 6.29 Å². The van der Waals surface area contributed by atoms with Gasteiger partial charge in [-0.25, -0.2) is 15.4 Å². The van der Waals surface area contributed by atoms with Crippen molar-refractivity contribution in [2.75, 3.05) is 33.9 Å². The number of aromatic nitrogens is 2. The molecule has 14 nitrogen and oxygen atoms in total. The summed E-state index contributed by atoms with van der Waals surface area (Å²) in [5.74, 6) is -1.12. The molecule has 2 N–H and O–H groups in total. The Kier molecular flexibility index (Phi) is 14.8. The molecule has 65 heavy (non-hydrogen) atoms. The molecule has 3 aliphatic heterocycles. The summed E-state index contributed by atoms with van der Waals surface area (Å²) in [5, 5.41) is 5.92. The number of epoxide rings is 1. The third-order valence-corrected chi connectivity index (χ3v) is 12.5. The number of likely N-dealkylation sites (N-methyl/N-ethyl adjacent to an activating group) is 1. The van der Waals surface area contributed by atoms with Crippen LogP contribution in [-0.4, -0.2) is 113 Å². The molecule has 2 saturated heterocycles. The molecule has 5 heterocycles. The number of hydrazine groups is 1. The Morgan fingerprint density at radius 3 is 2.66 bits per heavy atom. The van der Waals surface area contributed by atoms with Crippen LogP contribution in [0.15, 0.2) is 70.9 Å². The number of benzene rings is 2. The molecular formula is C51H68N8O6. The van der Waals surface area contributed by atoms with E-state index < -0.39 is 24.3 Å². The van der Waals surface area contributed by atoms with E-state index in [9.17, 15) is 14.4 Å². The van der Waals surface area contributed by atoms with E-state index in [-0.39, 0.29) is 60.2 Å². The van der Waals surface area contributed by atoms with Crippen LogP contribution in [0.1, 0.15) is 91.3 Å². The number of fused-ring (bicyclic) bond motifs is 8. The second kappa shape index (κ2) is 20.1. The molecular weight excluding hydrogens is 821 g/mol. The highest BCUT2D eigenvalue weighted by Crippen LogP contribution is 2.42. The number of nitrogens with zero attached hydrogens (tertiary/aromatic N) is 6. The summed E-state index contributed by atoms with van der Waals surface area (Å²) in [4.78, 5) is 57.1. The van der Waals surface area contributed by atoms with E-state index in [0.29, 0.717) is 19.8 Å². The van der Waals surface area contributed by atoms with Gasteiger partial charge in [-0.05, 0) is 104 Å². The standard InChI is InChI=1S/C51H68N8O6/c1-11-58-42-18-17-35-26-37(42)38(45(58)39-28-52-21-19-36(39)29-63-10)27-51(7,8)30-64-49-46(65-49)40-16-13-23-59(56-40)48(62)41(25-33-14-12-15-34(35)24-33)55-47(61)44(32(2)3)57(9)43(60)20-22-53-31-54-50(4,5)6/h12,14-15,17-19,21,24,26,28,32,40-41,44,46,49,56H,11,13,16,20,22-23,25,27,29-30H2,1-10H3,(H,55,61)/t40-,41-,44-,46+,49?/m0/s1. The first-order valence-corrected chi connectivity index (χ1v) is 23.2. The van der Waals surface area contributed by atoms with Crippen LogP contribution in [-0.2, 0) is 54.6 Å². The second-order valence-electron chi connectivity index (χ2n) is 19.9. The topological polar surface area (TPSA) is 155 Å². The van der Waals surface area contributed by atoms with E-state index in [1.165, 1.54) is 10.5 Å². The van der Waals surface area contributed by atoms with Gasteiger partial charge in [0, 0.05) is 68.9 Å². The van der Waals surface area contributed by atoms with Crippen molar-refractivity contribution in [2.24, 2.45) is 21.3 Å². The molecule has 0 radical (unpaired) electrons. The van der Waals surface area contributed by atoms with E-state index in [4.69, 9.17) is 14.2 Å². The van der Waals surface area contributed by atoms with E-state index >= 15 is 0 Å². The fraction of sp³-hybridized carbons (Fsp3) is 0.549. The molecule has 0 spiro atoms. The molecule has 5 atom stereocenters. The van der Waals surface area contributed by atoms with Crippen LogP contribution in [0.5, 0.6) is 0 Å². The zero-order chi connectivity index (χ0) is 46.6. The summed E-state index contributed by atoms with van der Waals surface area (Å²) in [6.45, 7) is 18.6. The molecule has 1 unspecified atom stereocenters. The summed E-state index contributed by atoms with van der Waals surface area (Å²) >= 11 is 0. The number of aryl methyl sites for hydroxylation is 1. The molecule has 14 heteroatoms. The largest absolute Gasteiger partial charge is 0.380 e. The number of hydrogen-bond donors (Lipinski definition) is 2. The number of carbonyl (C=O) groups excluding carboxylic acids is 3. The van der Waals surface area contributed by atoms with Crippen molar-refractivity contribution in [1.29, 1.82) is 0 Å². The van der Waals surface area contributed by atoms with Crippen molar-refractivity contribution in [1.82, 2.24) is 30.2 Å². The minimum Gasteiger partial charge on any atom is -0.380 e. The first-order chi connectivity index (χ1) is 31.0. The van der Waals surface area contributed by atoms with E-state index in [0.717, 1.165) is 70.2 Å². The Morgan fingerprint density at radius 2 is 1.92 bits per heavy atom. The SMILES string of the molecule is CCn1c(-c2cnccc2COC)c2c3cc(ccc31)-c1cccc(c1)C[C@H](NC(=O)[C@H](C(C)C)N(C)C(=O)CCN=C=NC(C)(C)C)C(=O)N1CCC[C@H](N1)[C@H]1OC1OCC(C)(C)C2. The van der Waals surface area contributed by atoms with Crippen LogP contribution in [0.3, 0.4) is 0 Å². The van der Waals surface area contributed by atoms with Crippen LogP contribution in [0.25, 0.3) is 33.3 Å². The van der Waals surface area contributed by atoms with Crippen LogP contribution >= 0.6 is 0 Å². The third-order valence-electron chi connectivity index (χ3n) is 12.5. The molecule has 3 amide bonds. The number of rotatable bonds is 11. The van der Waals surface area contributed by atoms with Crippen LogP contribution in [0.2, 0.25) is 0 Å². The zero-order valence-electron chi connectivity index (χ0n) is 39.9. The van der Waals surface area contributed by atoms with Crippen LogP contribution in [0.4, 0.5) is 0 Å². The van der Waals surface area contributed by atoms with Gasteiger partial charge in [0.1, 0.15) is 18.2 Å². The van der Waals surface area contributed by atoms with E-state index in [2.05, 4.69) is 87.4 Å². The zero-order valence-corrected chi connectivity index (χ0v) is 39.9. The van der Waals surface area contributed by atoms with E-state index in [1.807, 2.05) is 65.2 Å². The smallest absolute Gasteiger partial charge is 0.259 e. The number of pyridine rings is 1. The highest BCUT2D eigenvalue weighted by molar-refractivity contribution is 5.96. The van der Waals surface area contributed by atoms with Crippen molar-refractivity contribution in [3.05, 3.63) is 77.6 Å². The molecule has 7 rings (SSSR count). The Hall–Kier alpha value is -5.24. The van der Waals surface area contributed by atoms with Gasteiger partial charge in [0.05, 0.1) is 43.0 Å². The summed E-state index contributed by atoms with van der Waals surface area (Å²) in [6.07, 6.45) is 5.76. The Bertz CT molecular complexity index is 2430. The molecule has 2 aromatic heterocycles. The molecule has 2 fully saturated rings. The number of aliphatic imine (C=N–C) groups is 2. The first-order valence-electron chi connectivity index (χ1n) is 23.2. The quantitative estimate of drug-likeness (QED) is 0.118. The summed E-state index contributed by atoms with van der Waals surface area (Å²) in [7, 11) is 3.36. The van der Waals surface area contributed by atoms with Gasteiger partial charge in [0.25, 0.3) is 5.91 Å². The average Bonchev–Trinajstić information content (AvgIpc) is 4.00. The normalized spacial score (nSPS) is 21.4. The number of nitrogens with one attached hydrogen (secondary N) is 2. The Labute approximate surface area is 384 Å². The lowest BCUT2D eigenvalue weighted by Gasteiger charge is -2.37. The minimum atomic E-state index is -0.932. The fourth-order valence-corrected chi connectivity index (χ4v) is 9.32. The predicted molar refractivity (Wildman–Crippen MR) is 253 cm³/mol. The molecule has 0 saturated carbocycles. The number of ether oxygens (including phenoxy) is 3. The van der Waals surface area contributed by atoms with Crippen molar-refractivity contribution < 1.29 is 28.6 Å². The molecule has 4 aromatic rings. The van der Waals surface area contributed by atoms with Crippen LogP contribution in [0, 0.1) is 11.3 Å². The van der Waals surface area contributed by atoms with Gasteiger partial charge in [-0.15, -0.1) is 0 Å². The maximum absolute atomic E-state index is 14.7. The number of amides is 3. The Balaban J connectivity index is 1.26. The summed E-state index contributed by atoms with van der Waals surface area (Å²) in [5.41, 5.74) is 11.4. The maximum Gasteiger partial charge on any atom is 0.259 e. The van der Waals surface area contributed by atoms with Gasteiger partial charge in [-0.3, -0.25) is 24.4 Å². The Morgan fingerprint density at radius 1 is 1.14 bits per heavy atom. The monoisotopic (exact) mass is 889 g/mol. The molecule has 0 aliphatic carbocycles. The van der Waals surface area contributed by atoms with E-state index in [1.54, 1.807) is 19.2 Å². The molecule has 2 aromatic carbocycles. The second-order valence-corrected chi connectivity index (χ2v) is 19.9. The van der Waals surface area contributed by atoms with Gasteiger partial charge in [-0.1, -0.05) is 58.0 Å². The molecule has 6 bridgehead atoms. The van der Waals surface area contributed by atoms with Crippen molar-refractivity contribution in [2.45, 2.75) is 137 Å². The number of methoxy groups -OCH3 is 1. The summed E-state index contributed by atoms with van der Waals surface area (Å²) < 4.78 is 20.8. The van der Waals surface area contributed by atoms with Gasteiger partial charge < -0.3 is 29.0 Å². The lowest BCUT2D eigenvalue weighted by molar-refractivity contribution is -0.144. The average molecular weight is 889 g/mol. The summed E-state index contributed by atoms with van der Waals surface area (Å²) in [6, 6.07) is 17.7. The van der Waals surface area contributed by atoms with Crippen molar-refractivity contribution in [3.8, 4) is 22.4 Å². The van der Waals surface area contributed by atoms with Gasteiger partial charge in [-0.2, -0.15) is 0 Å². The lowest BCUT2D eigenvalue weighted by atomic mass is 9.84. The van der Waals surface area contributed by atoms with Crippen molar-refractivity contribution >= 4 is 34.6 Å². The molecule has 348 valence electrons. The number of carbonyl (C=O) groups is 3. The maximum atomic E-state index is 14.7. The lowest BCUT2D eigenvalue weighted by Crippen LogP contribution is -2.61. The minimum absolute atomic E-state index is 0.0927. The third kappa shape index (κ3) is 11.2. The first kappa shape index (κ1) is 47.7. The van der Waals surface area contributed by atoms with Gasteiger partial charge >= 0.3 is 0 Å². The molecule has 3 aliphatic rings. The number of hydrogen-bond acceptors (Lipinski definition) is 10. The highest BCUT2D eigenvalue weighted by atomic mass is 16.8. The fourth-order valence-electron chi connectivity index (χ4n) is 9.32. The van der Waals surface area contributed by atoms with Crippen LogP contribution < -0.4 is 10.7 Å². The highest BCUT2D eigenvalue weighted by Gasteiger charge is 2.49. The predicted octanol–water partition coefficient (Wildman–Crippen LogP) is 7.23. The van der Waals surface area contributed by atoms with Crippen molar-refractivity contribution in [3.63, 3.8) is 0 Å². The van der Waals surface area contributed by atoms with Gasteiger partial charge in [0.2, 0.25) is 11.8 Å².